The van der Waals surface area contributed by atoms with Crippen LogP contribution in [0.3, 0.4) is 0 Å². The SMILES string of the molecule is Cc1noc(C)c1COC(=O)C(=Cc1cccs1)c1cccs1. The Kier molecular flexibility index (Phi) is 4.73. The highest BCUT2D eigenvalue weighted by atomic mass is 32.1. The van der Waals surface area contributed by atoms with Crippen LogP contribution in [0.25, 0.3) is 11.6 Å². The molecule has 3 aromatic rings. The number of hydrogen-bond acceptors (Lipinski definition) is 6. The van der Waals surface area contributed by atoms with Gasteiger partial charge in [-0.3, -0.25) is 0 Å². The molecular formula is C17H15NO3S2. The van der Waals surface area contributed by atoms with Gasteiger partial charge in [0.2, 0.25) is 0 Å². The Hall–Kier alpha value is -2.18. The monoisotopic (exact) mass is 345 g/mol. The first-order valence-corrected chi connectivity index (χ1v) is 8.79. The number of ether oxygens (including phenoxy) is 1. The Morgan fingerprint density at radius 1 is 1.26 bits per heavy atom. The van der Waals surface area contributed by atoms with Crippen molar-refractivity contribution in [2.45, 2.75) is 20.5 Å². The van der Waals surface area contributed by atoms with Crippen LogP contribution in [0.5, 0.6) is 0 Å². The summed E-state index contributed by atoms with van der Waals surface area (Å²) in [5.74, 6) is 0.330. The molecule has 0 saturated carbocycles. The molecule has 0 aliphatic carbocycles. The number of hydrogen-bond donors (Lipinski definition) is 0. The van der Waals surface area contributed by atoms with Crippen molar-refractivity contribution in [1.82, 2.24) is 5.16 Å². The maximum absolute atomic E-state index is 12.6. The van der Waals surface area contributed by atoms with Crippen molar-refractivity contribution in [2.75, 3.05) is 0 Å². The Labute approximate surface area is 142 Å². The summed E-state index contributed by atoms with van der Waals surface area (Å²) >= 11 is 3.10. The average Bonchev–Trinajstić information content (AvgIpc) is 3.27. The maximum atomic E-state index is 12.6. The van der Waals surface area contributed by atoms with Gasteiger partial charge in [0, 0.05) is 9.75 Å². The first-order valence-electron chi connectivity index (χ1n) is 7.03. The third-order valence-corrected chi connectivity index (χ3v) is 5.09. The molecule has 0 aliphatic rings. The zero-order valence-corrected chi connectivity index (χ0v) is 14.4. The van der Waals surface area contributed by atoms with Gasteiger partial charge in [-0.25, -0.2) is 4.79 Å². The molecule has 3 heterocycles. The summed E-state index contributed by atoms with van der Waals surface area (Å²) in [5.41, 5.74) is 2.13. The second kappa shape index (κ2) is 6.93. The molecule has 0 bridgehead atoms. The van der Waals surface area contributed by atoms with Crippen LogP contribution in [0.2, 0.25) is 0 Å². The highest BCUT2D eigenvalue weighted by Gasteiger charge is 2.17. The molecule has 3 rings (SSSR count). The van der Waals surface area contributed by atoms with Crippen LogP contribution in [0.1, 0.15) is 26.8 Å². The van der Waals surface area contributed by atoms with E-state index >= 15 is 0 Å². The number of aromatic nitrogens is 1. The minimum absolute atomic E-state index is 0.160. The molecule has 0 N–H and O–H groups in total. The molecule has 0 atom stereocenters. The second-order valence-electron chi connectivity index (χ2n) is 4.93. The molecule has 3 aromatic heterocycles. The van der Waals surface area contributed by atoms with Gasteiger partial charge in [-0.15, -0.1) is 22.7 Å². The van der Waals surface area contributed by atoms with Crippen LogP contribution in [0, 0.1) is 13.8 Å². The molecule has 0 saturated heterocycles. The predicted octanol–water partition coefficient (Wildman–Crippen LogP) is 4.70. The highest BCUT2D eigenvalue weighted by Crippen LogP contribution is 2.26. The van der Waals surface area contributed by atoms with E-state index < -0.39 is 0 Å². The third-order valence-electron chi connectivity index (χ3n) is 3.37. The standard InChI is InChI=1S/C17H15NO3S2/c1-11-15(12(2)21-18-11)10-20-17(19)14(16-6-4-8-23-16)9-13-5-3-7-22-13/h3-9H,10H2,1-2H3. The van der Waals surface area contributed by atoms with Crippen LogP contribution in [-0.2, 0) is 16.1 Å². The Balaban J connectivity index is 1.81. The summed E-state index contributed by atoms with van der Waals surface area (Å²) in [6.07, 6.45) is 1.87. The van der Waals surface area contributed by atoms with Crippen molar-refractivity contribution in [3.63, 3.8) is 0 Å². The Morgan fingerprint density at radius 3 is 2.65 bits per heavy atom. The highest BCUT2D eigenvalue weighted by molar-refractivity contribution is 7.12. The lowest BCUT2D eigenvalue weighted by Gasteiger charge is -2.07. The quantitative estimate of drug-likeness (QED) is 0.497. The van der Waals surface area contributed by atoms with E-state index in [-0.39, 0.29) is 12.6 Å². The molecule has 0 amide bonds. The van der Waals surface area contributed by atoms with E-state index in [9.17, 15) is 4.79 Å². The summed E-state index contributed by atoms with van der Waals surface area (Å²) in [6, 6.07) is 7.77. The Morgan fingerprint density at radius 2 is 2.04 bits per heavy atom. The zero-order chi connectivity index (χ0) is 16.2. The maximum Gasteiger partial charge on any atom is 0.339 e. The van der Waals surface area contributed by atoms with Crippen LogP contribution in [0.4, 0.5) is 0 Å². The molecule has 0 radical (unpaired) electrons. The van der Waals surface area contributed by atoms with Crippen molar-refractivity contribution in [3.8, 4) is 0 Å². The van der Waals surface area contributed by atoms with Gasteiger partial charge in [0.25, 0.3) is 0 Å². The van der Waals surface area contributed by atoms with Crippen molar-refractivity contribution in [2.24, 2.45) is 0 Å². The van der Waals surface area contributed by atoms with Crippen LogP contribution >= 0.6 is 22.7 Å². The van der Waals surface area contributed by atoms with Gasteiger partial charge in [-0.1, -0.05) is 17.3 Å². The fraction of sp³-hybridized carbons (Fsp3) is 0.176. The van der Waals surface area contributed by atoms with E-state index in [1.165, 1.54) is 11.3 Å². The molecule has 0 aliphatic heterocycles. The molecule has 4 nitrogen and oxygen atoms in total. The smallest absolute Gasteiger partial charge is 0.339 e. The number of esters is 1. The largest absolute Gasteiger partial charge is 0.457 e. The molecule has 0 aromatic carbocycles. The van der Waals surface area contributed by atoms with E-state index in [1.54, 1.807) is 11.3 Å². The van der Waals surface area contributed by atoms with Crippen molar-refractivity contribution < 1.29 is 14.1 Å². The second-order valence-corrected chi connectivity index (χ2v) is 6.86. The topological polar surface area (TPSA) is 52.3 Å². The molecule has 0 spiro atoms. The molecule has 0 fully saturated rings. The summed E-state index contributed by atoms with van der Waals surface area (Å²) in [4.78, 5) is 14.5. The number of thiophene rings is 2. The molecule has 6 heteroatoms. The van der Waals surface area contributed by atoms with Gasteiger partial charge in [-0.05, 0) is 42.8 Å². The van der Waals surface area contributed by atoms with E-state index in [0.29, 0.717) is 11.3 Å². The van der Waals surface area contributed by atoms with Gasteiger partial charge < -0.3 is 9.26 Å². The lowest BCUT2D eigenvalue weighted by Crippen LogP contribution is -2.07. The zero-order valence-electron chi connectivity index (χ0n) is 12.7. The lowest BCUT2D eigenvalue weighted by atomic mass is 10.2. The number of nitrogens with zero attached hydrogens (tertiary/aromatic N) is 1. The summed E-state index contributed by atoms with van der Waals surface area (Å²) < 4.78 is 10.6. The van der Waals surface area contributed by atoms with Crippen molar-refractivity contribution in [3.05, 3.63) is 61.8 Å². The minimum atomic E-state index is -0.346. The molecule has 23 heavy (non-hydrogen) atoms. The van der Waals surface area contributed by atoms with Gasteiger partial charge >= 0.3 is 5.97 Å². The number of carbonyl (C=O) groups is 1. The summed E-state index contributed by atoms with van der Waals surface area (Å²) in [6.45, 7) is 3.80. The van der Waals surface area contributed by atoms with Crippen molar-refractivity contribution in [1.29, 1.82) is 0 Å². The fourth-order valence-electron chi connectivity index (χ4n) is 2.10. The molecule has 0 unspecified atom stereocenters. The number of rotatable bonds is 5. The van der Waals surface area contributed by atoms with Gasteiger partial charge in [-0.2, -0.15) is 0 Å². The Bertz CT molecular complexity index is 795. The first-order chi connectivity index (χ1) is 11.1. The first kappa shape index (κ1) is 15.7. The average molecular weight is 345 g/mol. The summed E-state index contributed by atoms with van der Waals surface area (Å²) in [7, 11) is 0. The van der Waals surface area contributed by atoms with Gasteiger partial charge in [0.1, 0.15) is 12.4 Å². The molecular weight excluding hydrogens is 330 g/mol. The predicted molar refractivity (Wildman–Crippen MR) is 92.3 cm³/mol. The normalized spacial score (nSPS) is 11.7. The van der Waals surface area contributed by atoms with Crippen LogP contribution in [-0.4, -0.2) is 11.1 Å². The summed E-state index contributed by atoms with van der Waals surface area (Å²) in [5, 5.41) is 7.80. The number of carbonyl (C=O) groups excluding carboxylic acids is 1. The third kappa shape index (κ3) is 3.60. The molecule has 118 valence electrons. The van der Waals surface area contributed by atoms with Crippen LogP contribution < -0.4 is 0 Å². The van der Waals surface area contributed by atoms with Gasteiger partial charge in [0.05, 0.1) is 16.8 Å². The van der Waals surface area contributed by atoms with E-state index in [2.05, 4.69) is 5.16 Å². The van der Waals surface area contributed by atoms with Gasteiger partial charge in [0.15, 0.2) is 0 Å². The van der Waals surface area contributed by atoms with E-state index in [4.69, 9.17) is 9.26 Å². The van der Waals surface area contributed by atoms with E-state index in [0.717, 1.165) is 21.0 Å². The minimum Gasteiger partial charge on any atom is -0.457 e. The fourth-order valence-corrected chi connectivity index (χ4v) is 3.49. The van der Waals surface area contributed by atoms with Crippen molar-refractivity contribution >= 4 is 40.3 Å². The van der Waals surface area contributed by atoms with Crippen LogP contribution in [0.15, 0.2) is 39.5 Å². The van der Waals surface area contributed by atoms with E-state index in [1.807, 2.05) is 54.9 Å². The lowest BCUT2D eigenvalue weighted by molar-refractivity contribution is -0.137. The number of aryl methyl sites for hydroxylation is 2.